The lowest BCUT2D eigenvalue weighted by molar-refractivity contribution is -0.00946. The molecule has 3 aromatic heterocycles. The van der Waals surface area contributed by atoms with Gasteiger partial charge >= 0.3 is 0 Å². The first-order valence-electron chi connectivity index (χ1n) is 12.4. The maximum absolute atomic E-state index is 14.5. The van der Waals surface area contributed by atoms with Crippen molar-refractivity contribution in [3.05, 3.63) is 71.4 Å². The Labute approximate surface area is 214 Å². The van der Waals surface area contributed by atoms with Gasteiger partial charge < -0.3 is 15.0 Å². The number of aryl methyl sites for hydroxylation is 2. The van der Waals surface area contributed by atoms with E-state index in [0.29, 0.717) is 47.4 Å². The summed E-state index contributed by atoms with van der Waals surface area (Å²) < 4.78 is 19.6. The van der Waals surface area contributed by atoms with Gasteiger partial charge in [0.05, 0.1) is 7.11 Å². The molecule has 0 spiro atoms. The number of anilines is 3. The fourth-order valence-electron chi connectivity index (χ4n) is 5.19. The van der Waals surface area contributed by atoms with Crippen molar-refractivity contribution in [2.24, 2.45) is 0 Å². The molecule has 2 bridgehead atoms. The van der Waals surface area contributed by atoms with E-state index in [1.165, 1.54) is 6.07 Å². The molecule has 0 saturated carbocycles. The van der Waals surface area contributed by atoms with Crippen molar-refractivity contribution in [3.8, 4) is 17.1 Å². The molecular formula is C27H29FN8O. The van der Waals surface area contributed by atoms with Crippen molar-refractivity contribution in [2.75, 3.05) is 30.4 Å². The molecule has 1 aromatic carbocycles. The molecule has 2 atom stereocenters. The summed E-state index contributed by atoms with van der Waals surface area (Å²) in [4.78, 5) is 18.7. The molecule has 37 heavy (non-hydrogen) atoms. The highest BCUT2D eigenvalue weighted by Gasteiger charge is 2.44. The van der Waals surface area contributed by atoms with Crippen LogP contribution in [0.5, 0.6) is 5.75 Å². The van der Waals surface area contributed by atoms with Crippen LogP contribution in [0.2, 0.25) is 0 Å². The lowest BCUT2D eigenvalue weighted by Crippen LogP contribution is -2.68. The quantitative estimate of drug-likeness (QED) is 0.389. The van der Waals surface area contributed by atoms with Crippen LogP contribution in [0.15, 0.2) is 48.7 Å². The normalized spacial score (nSPS) is 19.0. The van der Waals surface area contributed by atoms with Crippen molar-refractivity contribution < 1.29 is 9.13 Å². The summed E-state index contributed by atoms with van der Waals surface area (Å²) in [5.74, 6) is 3.27. The van der Waals surface area contributed by atoms with E-state index in [9.17, 15) is 4.39 Å². The number of hydrogen-bond donors (Lipinski definition) is 2. The van der Waals surface area contributed by atoms with Gasteiger partial charge in [0.1, 0.15) is 23.2 Å². The molecule has 3 aliphatic heterocycles. The smallest absolute Gasteiger partial charge is 0.163 e. The van der Waals surface area contributed by atoms with Crippen molar-refractivity contribution in [1.82, 2.24) is 30.0 Å². The Morgan fingerprint density at radius 1 is 1.05 bits per heavy atom. The number of hydrogen-bond acceptors (Lipinski definition) is 8. The number of aromatic nitrogens is 5. The number of methoxy groups -OCH3 is 1. The topological polar surface area (TPSA) is 95.1 Å². The molecule has 3 saturated heterocycles. The largest absolute Gasteiger partial charge is 0.497 e. The zero-order valence-electron chi connectivity index (χ0n) is 21.1. The average molecular weight is 501 g/mol. The van der Waals surface area contributed by atoms with Crippen LogP contribution >= 0.6 is 0 Å². The number of aromatic amines is 1. The van der Waals surface area contributed by atoms with Crippen LogP contribution in [0.4, 0.5) is 21.8 Å². The van der Waals surface area contributed by atoms with Gasteiger partial charge in [0, 0.05) is 78.6 Å². The van der Waals surface area contributed by atoms with Gasteiger partial charge in [-0.05, 0) is 38.5 Å². The number of nitrogens with zero attached hydrogens (tertiary/aromatic N) is 6. The van der Waals surface area contributed by atoms with Crippen LogP contribution in [-0.4, -0.2) is 62.3 Å². The Balaban J connectivity index is 1.12. The third-order valence-corrected chi connectivity index (χ3v) is 7.10. The minimum atomic E-state index is -0.213. The predicted octanol–water partition coefficient (Wildman–Crippen LogP) is 4.23. The second-order valence-electron chi connectivity index (χ2n) is 9.76. The van der Waals surface area contributed by atoms with Gasteiger partial charge in [0.25, 0.3) is 0 Å². The summed E-state index contributed by atoms with van der Waals surface area (Å²) in [7, 11) is 1.55. The van der Waals surface area contributed by atoms with E-state index in [-0.39, 0.29) is 5.82 Å². The Bertz CT molecular complexity index is 1410. The molecule has 2 unspecified atom stereocenters. The van der Waals surface area contributed by atoms with Crippen molar-refractivity contribution in [1.29, 1.82) is 0 Å². The van der Waals surface area contributed by atoms with E-state index in [1.54, 1.807) is 7.11 Å². The van der Waals surface area contributed by atoms with E-state index < -0.39 is 0 Å². The number of benzene rings is 1. The number of piperidine rings is 1. The number of fused-ring (bicyclic) bond motifs is 2. The van der Waals surface area contributed by atoms with E-state index >= 15 is 0 Å². The molecule has 0 aliphatic carbocycles. The molecule has 2 N–H and O–H groups in total. The highest BCUT2D eigenvalue weighted by atomic mass is 19.1. The number of piperazine rings is 1. The molecular weight excluding hydrogens is 471 g/mol. The molecule has 7 rings (SSSR count). The van der Waals surface area contributed by atoms with Crippen molar-refractivity contribution in [2.45, 2.75) is 38.9 Å². The van der Waals surface area contributed by atoms with Gasteiger partial charge in [-0.25, -0.2) is 19.3 Å². The molecule has 10 heteroatoms. The molecule has 190 valence electrons. The molecule has 3 fully saturated rings. The fraction of sp³-hybridized carbons (Fsp3) is 0.333. The molecule has 0 radical (unpaired) electrons. The van der Waals surface area contributed by atoms with Crippen LogP contribution in [0, 0.1) is 19.7 Å². The fourth-order valence-corrected chi connectivity index (χ4v) is 5.19. The highest BCUT2D eigenvalue weighted by Crippen LogP contribution is 2.36. The van der Waals surface area contributed by atoms with Crippen molar-refractivity contribution >= 4 is 17.5 Å². The first-order valence-corrected chi connectivity index (χ1v) is 12.4. The van der Waals surface area contributed by atoms with E-state index in [1.807, 2.05) is 56.4 Å². The molecule has 6 heterocycles. The second kappa shape index (κ2) is 9.44. The van der Waals surface area contributed by atoms with Gasteiger partial charge in [-0.2, -0.15) is 5.10 Å². The lowest BCUT2D eigenvalue weighted by Gasteiger charge is -2.56. The SMILES string of the molecule is COc1ccc(CN2C3CC2CN(c2ccc(-c4nc(C)cc(Nc5cc(C)[nH]n5)n4)cn2)C3)c(F)c1. The third-order valence-electron chi connectivity index (χ3n) is 7.10. The number of H-pyrrole nitrogens is 1. The Morgan fingerprint density at radius 3 is 2.57 bits per heavy atom. The zero-order valence-corrected chi connectivity index (χ0v) is 21.1. The highest BCUT2D eigenvalue weighted by molar-refractivity contribution is 5.61. The van der Waals surface area contributed by atoms with Crippen LogP contribution < -0.4 is 15.0 Å². The summed E-state index contributed by atoms with van der Waals surface area (Å²) >= 11 is 0. The van der Waals surface area contributed by atoms with E-state index in [0.717, 1.165) is 42.3 Å². The second-order valence-corrected chi connectivity index (χ2v) is 9.76. The van der Waals surface area contributed by atoms with Gasteiger partial charge in [0.2, 0.25) is 0 Å². The van der Waals surface area contributed by atoms with E-state index in [4.69, 9.17) is 9.72 Å². The monoisotopic (exact) mass is 500 g/mol. The summed E-state index contributed by atoms with van der Waals surface area (Å²) in [6, 6.07) is 13.7. The standard InChI is InChI=1S/C27H29FN8O/c1-16-8-24(31-25-9-17(2)33-34-25)32-27(30-16)18-5-7-26(29-12-18)35-14-20-10-21(15-35)36(20)13-19-4-6-22(37-3)11-23(19)28/h4-9,11-12,20-21H,10,13-15H2,1-3H3,(H2,30,31,32,33,34). The lowest BCUT2D eigenvalue weighted by atomic mass is 9.86. The van der Waals surface area contributed by atoms with Crippen LogP contribution in [0.1, 0.15) is 23.4 Å². The summed E-state index contributed by atoms with van der Waals surface area (Å²) in [6.45, 7) is 6.26. The number of rotatable bonds is 7. The number of halogens is 1. The predicted molar refractivity (Wildman–Crippen MR) is 140 cm³/mol. The maximum Gasteiger partial charge on any atom is 0.163 e. The Morgan fingerprint density at radius 2 is 1.89 bits per heavy atom. The number of ether oxygens (including phenoxy) is 1. The maximum atomic E-state index is 14.5. The summed E-state index contributed by atoms with van der Waals surface area (Å²) in [5, 5.41) is 10.4. The molecule has 4 aromatic rings. The van der Waals surface area contributed by atoms with Gasteiger partial charge in [-0.15, -0.1) is 0 Å². The van der Waals surface area contributed by atoms with Gasteiger partial charge in [-0.3, -0.25) is 10.00 Å². The van der Waals surface area contributed by atoms with Gasteiger partial charge in [-0.1, -0.05) is 6.07 Å². The molecule has 9 nitrogen and oxygen atoms in total. The molecule has 3 aliphatic rings. The van der Waals surface area contributed by atoms with Crippen LogP contribution in [0.25, 0.3) is 11.4 Å². The first-order chi connectivity index (χ1) is 17.9. The average Bonchev–Trinajstić information content (AvgIpc) is 3.31. The van der Waals surface area contributed by atoms with Gasteiger partial charge in [0.15, 0.2) is 11.6 Å². The number of nitrogens with one attached hydrogen (secondary N) is 2. The number of pyridine rings is 1. The summed E-state index contributed by atoms with van der Waals surface area (Å²) in [6.07, 6.45) is 2.96. The zero-order chi connectivity index (χ0) is 25.5. The van der Waals surface area contributed by atoms with Crippen molar-refractivity contribution in [3.63, 3.8) is 0 Å². The molecule has 0 amide bonds. The van der Waals surface area contributed by atoms with Crippen LogP contribution in [0.3, 0.4) is 0 Å². The minimum absolute atomic E-state index is 0.213. The minimum Gasteiger partial charge on any atom is -0.497 e. The Kier molecular flexibility index (Phi) is 5.96. The third kappa shape index (κ3) is 4.72. The van der Waals surface area contributed by atoms with Crippen LogP contribution in [-0.2, 0) is 6.54 Å². The summed E-state index contributed by atoms with van der Waals surface area (Å²) in [5.41, 5.74) is 3.39. The first kappa shape index (κ1) is 23.4. The Hall–Kier alpha value is -4.05. The van der Waals surface area contributed by atoms with E-state index in [2.05, 4.69) is 35.3 Å².